The minimum Gasteiger partial charge on any atom is -0.381 e. The van der Waals surface area contributed by atoms with Crippen molar-refractivity contribution in [3.63, 3.8) is 0 Å². The number of allylic oxidation sites excluding steroid dienone is 1. The van der Waals surface area contributed by atoms with Crippen molar-refractivity contribution < 1.29 is 4.74 Å². The lowest BCUT2D eigenvalue weighted by molar-refractivity contribution is 0.0528. The summed E-state index contributed by atoms with van der Waals surface area (Å²) in [4.78, 5) is 7.29. The first-order valence-electron chi connectivity index (χ1n) is 9.87. The molecule has 0 unspecified atom stereocenters. The molecule has 4 heteroatoms. The van der Waals surface area contributed by atoms with Gasteiger partial charge in [-0.15, -0.1) is 6.58 Å². The number of rotatable bonds is 8. The van der Waals surface area contributed by atoms with Crippen LogP contribution in [-0.2, 0) is 10.2 Å². The molecule has 1 aromatic rings. The topological polar surface area (TPSA) is 36.9 Å². The summed E-state index contributed by atoms with van der Waals surface area (Å²) in [5.74, 6) is 0.996. The molecule has 1 heterocycles. The lowest BCUT2D eigenvalue weighted by atomic mass is 9.72. The van der Waals surface area contributed by atoms with Crippen molar-refractivity contribution in [2.75, 3.05) is 39.9 Å². The maximum Gasteiger partial charge on any atom is 0.193 e. The van der Waals surface area contributed by atoms with E-state index in [-0.39, 0.29) is 5.41 Å². The Hall–Kier alpha value is -1.81. The molecule has 1 fully saturated rings. The third-order valence-corrected chi connectivity index (χ3v) is 5.30. The second kappa shape index (κ2) is 10.4. The van der Waals surface area contributed by atoms with Gasteiger partial charge in [-0.1, -0.05) is 30.3 Å². The van der Waals surface area contributed by atoms with Crippen LogP contribution in [0.25, 0.3) is 0 Å². The predicted octanol–water partition coefficient (Wildman–Crippen LogP) is 3.91. The monoisotopic (exact) mass is 357 g/mol. The molecule has 0 amide bonds. The Morgan fingerprint density at radius 3 is 2.73 bits per heavy atom. The molecule has 0 aromatic heterocycles. The first-order valence-corrected chi connectivity index (χ1v) is 9.87. The quantitative estimate of drug-likeness (QED) is 0.332. The van der Waals surface area contributed by atoms with Gasteiger partial charge >= 0.3 is 0 Å². The van der Waals surface area contributed by atoms with Gasteiger partial charge < -0.3 is 15.0 Å². The highest BCUT2D eigenvalue weighted by Gasteiger charge is 2.35. The van der Waals surface area contributed by atoms with E-state index in [2.05, 4.69) is 62.0 Å². The van der Waals surface area contributed by atoms with Gasteiger partial charge in [0, 0.05) is 38.8 Å². The largest absolute Gasteiger partial charge is 0.381 e. The molecule has 0 bridgehead atoms. The highest BCUT2D eigenvalue weighted by molar-refractivity contribution is 5.79. The van der Waals surface area contributed by atoms with Crippen LogP contribution in [0.3, 0.4) is 0 Å². The van der Waals surface area contributed by atoms with E-state index >= 15 is 0 Å². The molecule has 0 spiro atoms. The number of ether oxygens (including phenoxy) is 1. The average Bonchev–Trinajstić information content (AvgIpc) is 2.66. The van der Waals surface area contributed by atoms with Gasteiger partial charge in [0.05, 0.1) is 6.54 Å². The SMILES string of the molecule is C=CCCCN(C)C(=NCC1(c2ccccc2C)CCOCC1)NCC. The van der Waals surface area contributed by atoms with Crippen LogP contribution in [0.5, 0.6) is 0 Å². The van der Waals surface area contributed by atoms with Crippen molar-refractivity contribution in [1.82, 2.24) is 10.2 Å². The van der Waals surface area contributed by atoms with E-state index < -0.39 is 0 Å². The molecule has 1 saturated heterocycles. The fraction of sp³-hybridized carbons (Fsp3) is 0.591. The van der Waals surface area contributed by atoms with Gasteiger partial charge in [0.25, 0.3) is 0 Å². The van der Waals surface area contributed by atoms with Crippen molar-refractivity contribution in [3.05, 3.63) is 48.0 Å². The van der Waals surface area contributed by atoms with Crippen LogP contribution in [0.15, 0.2) is 41.9 Å². The van der Waals surface area contributed by atoms with Crippen LogP contribution >= 0.6 is 0 Å². The highest BCUT2D eigenvalue weighted by Crippen LogP contribution is 2.37. The number of aliphatic imine (C=N–C) groups is 1. The fourth-order valence-corrected chi connectivity index (χ4v) is 3.72. The Morgan fingerprint density at radius 1 is 1.35 bits per heavy atom. The maximum absolute atomic E-state index is 5.67. The number of hydrogen-bond acceptors (Lipinski definition) is 2. The summed E-state index contributed by atoms with van der Waals surface area (Å²) in [5.41, 5.74) is 2.86. The maximum atomic E-state index is 5.67. The molecule has 0 atom stereocenters. The number of hydrogen-bond donors (Lipinski definition) is 1. The standard InChI is InChI=1S/C22H35N3O/c1-5-7-10-15-25(4)21(23-6-2)24-18-22(13-16-26-17-14-22)20-12-9-8-11-19(20)3/h5,8-9,11-12H,1,6-7,10,13-18H2,2-4H3,(H,23,24). The van der Waals surface area contributed by atoms with Gasteiger partial charge in [0.2, 0.25) is 0 Å². The molecule has 1 aliphatic rings. The molecule has 0 radical (unpaired) electrons. The van der Waals surface area contributed by atoms with Crippen molar-refractivity contribution in [3.8, 4) is 0 Å². The van der Waals surface area contributed by atoms with E-state index in [4.69, 9.17) is 9.73 Å². The summed E-state index contributed by atoms with van der Waals surface area (Å²) in [7, 11) is 2.12. The molecule has 26 heavy (non-hydrogen) atoms. The summed E-state index contributed by atoms with van der Waals surface area (Å²) in [6, 6.07) is 8.75. The van der Waals surface area contributed by atoms with Gasteiger partial charge in [-0.25, -0.2) is 0 Å². The van der Waals surface area contributed by atoms with Crippen LogP contribution in [0.4, 0.5) is 0 Å². The number of benzene rings is 1. The molecule has 1 aliphatic heterocycles. The summed E-state index contributed by atoms with van der Waals surface area (Å²) in [6.45, 7) is 12.4. The molecule has 0 saturated carbocycles. The summed E-state index contributed by atoms with van der Waals surface area (Å²) in [6.07, 6.45) is 6.17. The third-order valence-electron chi connectivity index (χ3n) is 5.30. The number of nitrogens with zero attached hydrogens (tertiary/aromatic N) is 2. The van der Waals surface area contributed by atoms with Gasteiger partial charge in [0.15, 0.2) is 5.96 Å². The Morgan fingerprint density at radius 2 is 2.08 bits per heavy atom. The molecular weight excluding hydrogens is 322 g/mol. The van der Waals surface area contributed by atoms with Crippen molar-refractivity contribution in [2.45, 2.75) is 44.9 Å². The number of nitrogens with one attached hydrogen (secondary N) is 1. The van der Waals surface area contributed by atoms with Gasteiger partial charge in [-0.2, -0.15) is 0 Å². The first kappa shape index (κ1) is 20.5. The van der Waals surface area contributed by atoms with Crippen LogP contribution < -0.4 is 5.32 Å². The van der Waals surface area contributed by atoms with Crippen molar-refractivity contribution in [2.24, 2.45) is 4.99 Å². The van der Waals surface area contributed by atoms with E-state index in [0.717, 1.165) is 64.5 Å². The third kappa shape index (κ3) is 5.34. The first-order chi connectivity index (χ1) is 12.6. The van der Waals surface area contributed by atoms with Crippen LogP contribution in [0.2, 0.25) is 0 Å². The van der Waals surface area contributed by atoms with Gasteiger partial charge in [0.1, 0.15) is 0 Å². The fourth-order valence-electron chi connectivity index (χ4n) is 3.72. The lowest BCUT2D eigenvalue weighted by Gasteiger charge is -2.38. The van der Waals surface area contributed by atoms with E-state index in [0.29, 0.717) is 0 Å². The van der Waals surface area contributed by atoms with Crippen molar-refractivity contribution in [1.29, 1.82) is 0 Å². The zero-order chi connectivity index (χ0) is 18.8. The van der Waals surface area contributed by atoms with Crippen LogP contribution in [0.1, 0.15) is 43.7 Å². The minimum absolute atomic E-state index is 0.0756. The second-order valence-corrected chi connectivity index (χ2v) is 7.23. The molecule has 1 N–H and O–H groups in total. The zero-order valence-electron chi connectivity index (χ0n) is 16.8. The normalized spacial score (nSPS) is 17.0. The summed E-state index contributed by atoms with van der Waals surface area (Å²) >= 11 is 0. The zero-order valence-corrected chi connectivity index (χ0v) is 16.8. The predicted molar refractivity (Wildman–Crippen MR) is 111 cm³/mol. The summed E-state index contributed by atoms with van der Waals surface area (Å²) < 4.78 is 5.67. The molecule has 0 aliphatic carbocycles. The minimum atomic E-state index is 0.0756. The van der Waals surface area contributed by atoms with Crippen LogP contribution in [-0.4, -0.2) is 50.8 Å². The Bertz CT molecular complexity index is 591. The molecule has 144 valence electrons. The van der Waals surface area contributed by atoms with E-state index in [1.54, 1.807) is 0 Å². The molecular formula is C22H35N3O. The Kier molecular flexibility index (Phi) is 8.17. The smallest absolute Gasteiger partial charge is 0.193 e. The van der Waals surface area contributed by atoms with E-state index in [9.17, 15) is 0 Å². The van der Waals surface area contributed by atoms with E-state index in [1.165, 1.54) is 11.1 Å². The van der Waals surface area contributed by atoms with E-state index in [1.807, 2.05) is 6.08 Å². The number of unbranched alkanes of at least 4 members (excludes halogenated alkanes) is 1. The molecule has 4 nitrogen and oxygen atoms in total. The average molecular weight is 358 g/mol. The number of aryl methyl sites for hydroxylation is 1. The van der Waals surface area contributed by atoms with Crippen LogP contribution in [0, 0.1) is 6.92 Å². The van der Waals surface area contributed by atoms with Gasteiger partial charge in [-0.3, -0.25) is 4.99 Å². The van der Waals surface area contributed by atoms with Gasteiger partial charge in [-0.05, 0) is 50.7 Å². The highest BCUT2D eigenvalue weighted by atomic mass is 16.5. The lowest BCUT2D eigenvalue weighted by Crippen LogP contribution is -2.42. The van der Waals surface area contributed by atoms with Crippen molar-refractivity contribution >= 4 is 5.96 Å². The summed E-state index contributed by atoms with van der Waals surface area (Å²) in [5, 5.41) is 3.45. The Labute approximate surface area is 159 Å². The Balaban J connectivity index is 2.21. The second-order valence-electron chi connectivity index (χ2n) is 7.23. The number of guanidine groups is 1. The molecule has 1 aromatic carbocycles. The molecule has 2 rings (SSSR count).